The summed E-state index contributed by atoms with van der Waals surface area (Å²) in [5.74, 6) is 0. The predicted octanol–water partition coefficient (Wildman–Crippen LogP) is 2.58. The average molecular weight is 177 g/mol. The van der Waals surface area contributed by atoms with Crippen molar-refractivity contribution in [1.29, 1.82) is 0 Å². The van der Waals surface area contributed by atoms with E-state index in [2.05, 4.69) is 0 Å². The van der Waals surface area contributed by atoms with Crippen molar-refractivity contribution in [3.05, 3.63) is 0 Å². The Bertz CT molecular complexity index is 55.2. The highest BCUT2D eigenvalue weighted by atomic mass is 35.5. The van der Waals surface area contributed by atoms with Gasteiger partial charge in [0.1, 0.15) is 0 Å². The van der Waals surface area contributed by atoms with Crippen LogP contribution in [-0.4, -0.2) is 10.6 Å². The van der Waals surface area contributed by atoms with Crippen LogP contribution in [-0.2, 0) is 4.79 Å². The van der Waals surface area contributed by atoms with E-state index < -0.39 is 0 Å². The zero-order chi connectivity index (χ0) is 6.99. The van der Waals surface area contributed by atoms with Gasteiger partial charge in [-0.15, -0.1) is 23.2 Å². The van der Waals surface area contributed by atoms with Gasteiger partial charge < -0.3 is 0 Å². The van der Waals surface area contributed by atoms with E-state index in [1.54, 1.807) is 6.92 Å². The quantitative estimate of drug-likeness (QED) is 0.444. The normalized spacial score (nSPS) is 7.00. The molecule has 0 aliphatic heterocycles. The fourth-order valence-electron chi connectivity index (χ4n) is 0. The second-order valence-electron chi connectivity index (χ2n) is 0.810. The standard InChI is InChI=1S/C3H5ClO.CH2Cl2/c1-2-3(4)5;2-1-3/h2H2,1H3;1H2. The fourth-order valence-corrected chi connectivity index (χ4v) is 0. The number of halogens is 3. The smallest absolute Gasteiger partial charge is 0.221 e. The van der Waals surface area contributed by atoms with Crippen LogP contribution in [0.2, 0.25) is 0 Å². The van der Waals surface area contributed by atoms with Gasteiger partial charge in [0, 0.05) is 6.42 Å². The molecule has 0 aromatic carbocycles. The summed E-state index contributed by atoms with van der Waals surface area (Å²) in [4.78, 5) is 9.58. The molecule has 0 aliphatic carbocycles. The lowest BCUT2D eigenvalue weighted by Crippen LogP contribution is -1.74. The molecule has 0 aliphatic rings. The number of carbonyl (C=O) groups is 1. The van der Waals surface area contributed by atoms with Crippen molar-refractivity contribution in [2.45, 2.75) is 13.3 Å². The summed E-state index contributed by atoms with van der Waals surface area (Å²) in [5.41, 5.74) is 0. The summed E-state index contributed by atoms with van der Waals surface area (Å²) in [6.45, 7) is 1.72. The molecule has 0 aromatic rings. The molecular weight excluding hydrogens is 170 g/mol. The summed E-state index contributed by atoms with van der Waals surface area (Å²) in [7, 11) is 0. The van der Waals surface area contributed by atoms with Crippen LogP contribution in [0.5, 0.6) is 0 Å². The van der Waals surface area contributed by atoms with Crippen LogP contribution >= 0.6 is 34.8 Å². The number of rotatable bonds is 1. The highest BCUT2D eigenvalue weighted by Crippen LogP contribution is 1.81. The first kappa shape index (κ1) is 11.4. The first-order valence-electron chi connectivity index (χ1n) is 1.99. The Morgan fingerprint density at radius 1 is 1.50 bits per heavy atom. The van der Waals surface area contributed by atoms with Crippen molar-refractivity contribution in [2.75, 3.05) is 5.34 Å². The number of alkyl halides is 2. The molecule has 0 unspecified atom stereocenters. The van der Waals surface area contributed by atoms with Crippen LogP contribution in [0.25, 0.3) is 0 Å². The molecule has 0 aromatic heterocycles. The van der Waals surface area contributed by atoms with E-state index in [9.17, 15) is 4.79 Å². The second-order valence-corrected chi connectivity index (χ2v) is 2.04. The van der Waals surface area contributed by atoms with Gasteiger partial charge in [0.25, 0.3) is 0 Å². The Morgan fingerprint density at radius 3 is 1.62 bits per heavy atom. The maximum Gasteiger partial charge on any atom is 0.221 e. The van der Waals surface area contributed by atoms with Crippen molar-refractivity contribution < 1.29 is 4.79 Å². The maximum absolute atomic E-state index is 9.58. The van der Waals surface area contributed by atoms with E-state index >= 15 is 0 Å². The van der Waals surface area contributed by atoms with E-state index in [-0.39, 0.29) is 10.6 Å². The third-order valence-corrected chi connectivity index (χ3v) is 0.545. The lowest BCUT2D eigenvalue weighted by atomic mass is 10.6. The van der Waals surface area contributed by atoms with Gasteiger partial charge in [-0.3, -0.25) is 4.79 Å². The molecule has 0 heterocycles. The van der Waals surface area contributed by atoms with Crippen LogP contribution in [0, 0.1) is 0 Å². The predicted molar refractivity (Wildman–Crippen MR) is 37.7 cm³/mol. The highest BCUT2D eigenvalue weighted by molar-refractivity contribution is 6.63. The third-order valence-electron chi connectivity index (χ3n) is 0.278. The first-order valence-corrected chi connectivity index (χ1v) is 3.44. The van der Waals surface area contributed by atoms with Gasteiger partial charge in [0.05, 0.1) is 5.34 Å². The van der Waals surface area contributed by atoms with Gasteiger partial charge in [-0.1, -0.05) is 6.92 Å². The lowest BCUT2D eigenvalue weighted by Gasteiger charge is -1.68. The Morgan fingerprint density at radius 2 is 1.62 bits per heavy atom. The Hall–Kier alpha value is 0.540. The molecule has 0 radical (unpaired) electrons. The molecule has 0 spiro atoms. The summed E-state index contributed by atoms with van der Waals surface area (Å²) in [5, 5.41) is -0.0787. The minimum atomic E-state index is -0.273. The second kappa shape index (κ2) is 10.5. The maximum atomic E-state index is 9.58. The SMILES string of the molecule is CCC(=O)Cl.ClCCl. The molecule has 4 heteroatoms. The van der Waals surface area contributed by atoms with Crippen LogP contribution in [0.1, 0.15) is 13.3 Å². The molecule has 0 saturated carbocycles. The van der Waals surface area contributed by atoms with Gasteiger partial charge in [-0.25, -0.2) is 0 Å². The van der Waals surface area contributed by atoms with Crippen LogP contribution in [0.4, 0.5) is 0 Å². The Kier molecular flexibility index (Phi) is 14.9. The molecule has 0 N–H and O–H groups in total. The van der Waals surface area contributed by atoms with E-state index in [4.69, 9.17) is 34.8 Å². The van der Waals surface area contributed by atoms with Crippen molar-refractivity contribution in [3.8, 4) is 0 Å². The molecule has 0 bridgehead atoms. The van der Waals surface area contributed by atoms with Crippen LogP contribution in [0.3, 0.4) is 0 Å². The summed E-state index contributed by atoms with van der Waals surface area (Å²) >= 11 is 14.4. The first-order chi connectivity index (χ1) is 3.68. The minimum absolute atomic E-state index is 0.194. The zero-order valence-electron chi connectivity index (χ0n) is 4.46. The van der Waals surface area contributed by atoms with Crippen molar-refractivity contribution in [3.63, 3.8) is 0 Å². The van der Waals surface area contributed by atoms with E-state index in [1.165, 1.54) is 0 Å². The summed E-state index contributed by atoms with van der Waals surface area (Å²) in [6, 6.07) is 0. The van der Waals surface area contributed by atoms with Gasteiger partial charge >= 0.3 is 0 Å². The van der Waals surface area contributed by atoms with Crippen molar-refractivity contribution in [2.24, 2.45) is 0 Å². The van der Waals surface area contributed by atoms with E-state index in [1.807, 2.05) is 0 Å². The van der Waals surface area contributed by atoms with Crippen molar-refractivity contribution in [1.82, 2.24) is 0 Å². The summed E-state index contributed by atoms with van der Waals surface area (Å²) in [6.07, 6.45) is 0.432. The number of hydrogen-bond acceptors (Lipinski definition) is 1. The van der Waals surface area contributed by atoms with Gasteiger partial charge in [-0.05, 0) is 11.6 Å². The van der Waals surface area contributed by atoms with E-state index in [0.29, 0.717) is 6.42 Å². The number of hydrogen-bond donors (Lipinski definition) is 0. The minimum Gasteiger partial charge on any atom is -0.281 e. The molecule has 8 heavy (non-hydrogen) atoms. The average Bonchev–Trinajstić information content (AvgIpc) is 1.69. The van der Waals surface area contributed by atoms with Gasteiger partial charge in [0.2, 0.25) is 5.24 Å². The van der Waals surface area contributed by atoms with Gasteiger partial charge in [0.15, 0.2) is 0 Å². The highest BCUT2D eigenvalue weighted by Gasteiger charge is 1.81. The Balaban J connectivity index is 0. The van der Waals surface area contributed by atoms with Crippen LogP contribution in [0.15, 0.2) is 0 Å². The molecule has 1 nitrogen and oxygen atoms in total. The number of carbonyl (C=O) groups excluding carboxylic acids is 1. The zero-order valence-corrected chi connectivity index (χ0v) is 6.72. The molecule has 0 fully saturated rings. The molecule has 0 rings (SSSR count). The largest absolute Gasteiger partial charge is 0.281 e. The van der Waals surface area contributed by atoms with E-state index in [0.717, 1.165) is 0 Å². The fraction of sp³-hybridized carbons (Fsp3) is 0.750. The molecule has 50 valence electrons. The molecular formula is C4H7Cl3O. The molecule has 0 saturated heterocycles. The monoisotopic (exact) mass is 176 g/mol. The topological polar surface area (TPSA) is 17.1 Å². The van der Waals surface area contributed by atoms with Gasteiger partial charge in [-0.2, -0.15) is 0 Å². The summed E-state index contributed by atoms with van der Waals surface area (Å²) < 4.78 is 0. The van der Waals surface area contributed by atoms with Crippen molar-refractivity contribution >= 4 is 40.0 Å². The van der Waals surface area contributed by atoms with Crippen LogP contribution < -0.4 is 0 Å². The lowest BCUT2D eigenvalue weighted by molar-refractivity contribution is -0.111. The Labute approximate surface area is 63.9 Å². The third kappa shape index (κ3) is 31.1. The molecule has 0 atom stereocenters. The molecule has 0 amide bonds.